The molecule has 3 amide bonds. The Morgan fingerprint density at radius 2 is 1.41 bits per heavy atom. The number of aliphatic carboxylic acids is 3. The van der Waals surface area contributed by atoms with E-state index < -0.39 is 60.7 Å². The number of carbonyl (C=O) groups is 6. The SMILES string of the molecule is CC[C@H](C)[C@H](NC(=O)C1C(C)(C)C1(C)C)C(=O)N[C@@H](CC(=O)O)C(=O)N([C@@H](CC(=O)O)C(=O)O)N1CCCC1. The number of carboxylic acids is 3. The standard InChI is InChI=1S/C26H42N4O9/c1-7-14(2)19(28-22(36)20-25(3,4)26(20,5)6)21(35)27-15(12-17(31)32)23(37)30(29-10-8-9-11-29)16(24(38)39)13-18(33)34/h14-16,19-20H,7-13H2,1-6H3,(H,27,35)(H,28,36)(H,31,32)(H,33,34)(H,38,39)/t14-,15-,16-,19-/m0/s1. The molecule has 220 valence electrons. The lowest BCUT2D eigenvalue weighted by Crippen LogP contribution is -2.62. The molecule has 1 aliphatic carbocycles. The second kappa shape index (κ2) is 12.3. The smallest absolute Gasteiger partial charge is 0.328 e. The van der Waals surface area contributed by atoms with Gasteiger partial charge in [0, 0.05) is 19.0 Å². The highest BCUT2D eigenvalue weighted by Gasteiger charge is 2.68. The fourth-order valence-corrected chi connectivity index (χ4v) is 5.44. The second-order valence-corrected chi connectivity index (χ2v) is 11.7. The normalized spacial score (nSPS) is 21.2. The van der Waals surface area contributed by atoms with Gasteiger partial charge in [-0.15, -0.1) is 0 Å². The van der Waals surface area contributed by atoms with Gasteiger partial charge in [0.1, 0.15) is 12.1 Å². The number of carboxylic acid groups (broad SMARTS) is 3. The van der Waals surface area contributed by atoms with Crippen molar-refractivity contribution in [3.05, 3.63) is 0 Å². The van der Waals surface area contributed by atoms with E-state index in [-0.39, 0.29) is 41.7 Å². The number of nitrogens with one attached hydrogen (secondary N) is 2. The van der Waals surface area contributed by atoms with Crippen LogP contribution in [0.1, 0.15) is 73.6 Å². The summed E-state index contributed by atoms with van der Waals surface area (Å²) in [4.78, 5) is 75.3. The maximum Gasteiger partial charge on any atom is 0.328 e. The summed E-state index contributed by atoms with van der Waals surface area (Å²) in [6, 6.07) is -4.57. The topological polar surface area (TPSA) is 194 Å². The maximum absolute atomic E-state index is 13.7. The summed E-state index contributed by atoms with van der Waals surface area (Å²) in [5.41, 5.74) is -0.580. The highest BCUT2D eigenvalue weighted by molar-refractivity contribution is 5.96. The van der Waals surface area contributed by atoms with Crippen molar-refractivity contribution in [1.29, 1.82) is 0 Å². The van der Waals surface area contributed by atoms with Crippen molar-refractivity contribution in [2.24, 2.45) is 22.7 Å². The molecule has 1 heterocycles. The van der Waals surface area contributed by atoms with Crippen LogP contribution in [-0.2, 0) is 28.8 Å². The molecule has 1 saturated carbocycles. The van der Waals surface area contributed by atoms with Crippen LogP contribution >= 0.6 is 0 Å². The van der Waals surface area contributed by atoms with Crippen LogP contribution in [0.15, 0.2) is 0 Å². The molecule has 0 spiro atoms. The molecule has 2 aliphatic rings. The Bertz CT molecular complexity index is 976. The van der Waals surface area contributed by atoms with Crippen molar-refractivity contribution in [1.82, 2.24) is 20.7 Å². The molecule has 39 heavy (non-hydrogen) atoms. The largest absolute Gasteiger partial charge is 0.481 e. The van der Waals surface area contributed by atoms with E-state index in [1.54, 1.807) is 6.92 Å². The molecule has 13 heteroatoms. The third-order valence-corrected chi connectivity index (χ3v) is 8.63. The van der Waals surface area contributed by atoms with Crippen molar-refractivity contribution >= 4 is 35.6 Å². The van der Waals surface area contributed by atoms with Crippen LogP contribution in [0, 0.1) is 22.7 Å². The lowest BCUT2D eigenvalue weighted by Gasteiger charge is -2.38. The van der Waals surface area contributed by atoms with Gasteiger partial charge in [-0.3, -0.25) is 29.0 Å². The second-order valence-electron chi connectivity index (χ2n) is 11.7. The zero-order chi connectivity index (χ0) is 29.9. The summed E-state index contributed by atoms with van der Waals surface area (Å²) in [5, 5.41) is 35.9. The van der Waals surface area contributed by atoms with Crippen molar-refractivity contribution in [3.63, 3.8) is 0 Å². The first kappa shape index (κ1) is 32.0. The lowest BCUT2D eigenvalue weighted by molar-refractivity contribution is -0.172. The van der Waals surface area contributed by atoms with Gasteiger partial charge in [-0.1, -0.05) is 48.0 Å². The number of rotatable bonds is 14. The zero-order valence-electron chi connectivity index (χ0n) is 23.5. The summed E-state index contributed by atoms with van der Waals surface area (Å²) in [6.07, 6.45) is -0.0424. The minimum Gasteiger partial charge on any atom is -0.481 e. The monoisotopic (exact) mass is 554 g/mol. The van der Waals surface area contributed by atoms with Gasteiger partial charge >= 0.3 is 17.9 Å². The number of carbonyl (C=O) groups excluding carboxylic acids is 3. The Balaban J connectivity index is 2.36. The summed E-state index contributed by atoms with van der Waals surface area (Å²) in [7, 11) is 0. The molecular weight excluding hydrogens is 512 g/mol. The van der Waals surface area contributed by atoms with Gasteiger partial charge in [-0.05, 0) is 29.6 Å². The molecule has 2 fully saturated rings. The summed E-state index contributed by atoms with van der Waals surface area (Å²) in [5.74, 6) is -7.31. The van der Waals surface area contributed by atoms with E-state index in [1.807, 2.05) is 34.6 Å². The summed E-state index contributed by atoms with van der Waals surface area (Å²) >= 11 is 0. The van der Waals surface area contributed by atoms with Gasteiger partial charge < -0.3 is 26.0 Å². The minimum absolute atomic E-state index is 0.265. The molecule has 0 aromatic carbocycles. The molecule has 0 aromatic rings. The Morgan fingerprint density at radius 1 is 0.897 bits per heavy atom. The lowest BCUT2D eigenvalue weighted by atomic mass is 9.97. The minimum atomic E-state index is -1.80. The van der Waals surface area contributed by atoms with E-state index in [1.165, 1.54) is 5.01 Å². The zero-order valence-corrected chi connectivity index (χ0v) is 23.5. The van der Waals surface area contributed by atoms with Crippen LogP contribution < -0.4 is 10.6 Å². The van der Waals surface area contributed by atoms with Crippen LogP contribution in [0.2, 0.25) is 0 Å². The molecule has 0 unspecified atom stereocenters. The Labute approximate surface area is 228 Å². The van der Waals surface area contributed by atoms with E-state index in [0.29, 0.717) is 19.3 Å². The molecule has 1 saturated heterocycles. The van der Waals surface area contributed by atoms with Crippen LogP contribution in [-0.4, -0.2) is 92.2 Å². The van der Waals surface area contributed by atoms with Crippen LogP contribution in [0.5, 0.6) is 0 Å². The van der Waals surface area contributed by atoms with Crippen LogP contribution in [0.4, 0.5) is 0 Å². The first-order chi connectivity index (χ1) is 18.0. The molecule has 2 rings (SSSR count). The van der Waals surface area contributed by atoms with Gasteiger partial charge in [0.05, 0.1) is 12.8 Å². The number of hydrogen-bond acceptors (Lipinski definition) is 7. The summed E-state index contributed by atoms with van der Waals surface area (Å²) in [6.45, 7) is 11.9. The predicted octanol–water partition coefficient (Wildman–Crippen LogP) is 0.926. The Hall–Kier alpha value is -3.22. The van der Waals surface area contributed by atoms with Crippen molar-refractivity contribution in [2.45, 2.75) is 91.8 Å². The molecule has 0 aromatic heterocycles. The molecule has 0 radical (unpaired) electrons. The van der Waals surface area contributed by atoms with Crippen LogP contribution in [0.25, 0.3) is 0 Å². The molecule has 5 N–H and O–H groups in total. The number of nitrogens with zero attached hydrogens (tertiary/aromatic N) is 2. The Morgan fingerprint density at radius 3 is 1.82 bits per heavy atom. The van der Waals surface area contributed by atoms with Gasteiger partial charge in [0.25, 0.3) is 5.91 Å². The fourth-order valence-electron chi connectivity index (χ4n) is 5.44. The first-order valence-corrected chi connectivity index (χ1v) is 13.3. The average Bonchev–Trinajstić information content (AvgIpc) is 3.16. The van der Waals surface area contributed by atoms with E-state index in [9.17, 15) is 44.1 Å². The summed E-state index contributed by atoms with van der Waals surface area (Å²) < 4.78 is 0. The molecule has 1 aliphatic heterocycles. The first-order valence-electron chi connectivity index (χ1n) is 13.3. The molecule has 4 atom stereocenters. The van der Waals surface area contributed by atoms with Crippen LogP contribution in [0.3, 0.4) is 0 Å². The number of hydrazine groups is 1. The van der Waals surface area contributed by atoms with Crippen molar-refractivity contribution < 1.29 is 44.1 Å². The maximum atomic E-state index is 13.7. The Kier molecular flexibility index (Phi) is 10.1. The third-order valence-electron chi connectivity index (χ3n) is 8.63. The molecular formula is C26H42N4O9. The van der Waals surface area contributed by atoms with E-state index in [4.69, 9.17) is 0 Å². The third kappa shape index (κ3) is 7.06. The van der Waals surface area contributed by atoms with Gasteiger partial charge in [-0.2, -0.15) is 0 Å². The predicted molar refractivity (Wildman–Crippen MR) is 138 cm³/mol. The van der Waals surface area contributed by atoms with E-state index >= 15 is 0 Å². The van der Waals surface area contributed by atoms with E-state index in [2.05, 4.69) is 10.6 Å². The highest BCUT2D eigenvalue weighted by Crippen LogP contribution is 2.68. The average molecular weight is 555 g/mol. The van der Waals surface area contributed by atoms with Crippen molar-refractivity contribution in [3.8, 4) is 0 Å². The molecule has 13 nitrogen and oxygen atoms in total. The van der Waals surface area contributed by atoms with Crippen molar-refractivity contribution in [2.75, 3.05) is 13.1 Å². The highest BCUT2D eigenvalue weighted by atomic mass is 16.4. The van der Waals surface area contributed by atoms with E-state index in [0.717, 1.165) is 5.01 Å². The number of hydrogen-bond donors (Lipinski definition) is 5. The quantitative estimate of drug-likeness (QED) is 0.206. The van der Waals surface area contributed by atoms with Gasteiger partial charge in [-0.25, -0.2) is 9.80 Å². The molecule has 0 bridgehead atoms. The van der Waals surface area contributed by atoms with Gasteiger partial charge in [0.2, 0.25) is 11.8 Å². The van der Waals surface area contributed by atoms with Gasteiger partial charge in [0.15, 0.2) is 6.04 Å². The fraction of sp³-hybridized carbons (Fsp3) is 0.769. The number of amides is 3.